The van der Waals surface area contributed by atoms with Crippen LogP contribution in [0.5, 0.6) is 0 Å². The van der Waals surface area contributed by atoms with E-state index in [0.717, 1.165) is 90.7 Å². The number of allylic oxidation sites excluding steroid dienone is 4. The summed E-state index contributed by atoms with van der Waals surface area (Å²) in [4.78, 5) is 33.0. The van der Waals surface area contributed by atoms with Crippen LogP contribution in [0.25, 0.3) is 89.7 Å². The first-order valence-corrected chi connectivity index (χ1v) is 20.9. The molecule has 0 N–H and O–H groups in total. The lowest BCUT2D eigenvalue weighted by Crippen LogP contribution is -2.21. The largest absolute Gasteiger partial charge is 0.305 e. The zero-order chi connectivity index (χ0) is 41.0. The summed E-state index contributed by atoms with van der Waals surface area (Å²) in [6.45, 7) is 0. The number of hydrogen-bond acceptors (Lipinski definition) is 7. The SMILES string of the molecule is C1=CC(c2nc(-c3ccccc3)nc(-c3ccc4c(c3)c3cc(-c5ccccc5)cc5c3n4-c3ccccc3N5c3nc(-c4ccccc4)nc(-c4ccccc4)n3)n2)=CCC1. The first-order valence-electron chi connectivity index (χ1n) is 20.9. The number of fused-ring (bicyclic) bond motifs is 5. The fourth-order valence-electron chi connectivity index (χ4n) is 8.70. The van der Waals surface area contributed by atoms with E-state index in [1.165, 1.54) is 0 Å². The van der Waals surface area contributed by atoms with Crippen LogP contribution < -0.4 is 4.90 Å². The van der Waals surface area contributed by atoms with E-state index < -0.39 is 0 Å². The molecule has 0 bridgehead atoms. The number of anilines is 3. The lowest BCUT2D eigenvalue weighted by molar-refractivity contribution is 1.00. The third-order valence-electron chi connectivity index (χ3n) is 11.6. The minimum atomic E-state index is 0.533. The van der Waals surface area contributed by atoms with E-state index in [2.05, 4.69) is 113 Å². The van der Waals surface area contributed by atoms with Gasteiger partial charge in [0.05, 0.1) is 28.1 Å². The Labute approximate surface area is 357 Å². The summed E-state index contributed by atoms with van der Waals surface area (Å²) in [6.07, 6.45) is 8.49. The van der Waals surface area contributed by atoms with Gasteiger partial charge in [-0.05, 0) is 66.4 Å². The van der Waals surface area contributed by atoms with Gasteiger partial charge < -0.3 is 4.57 Å². The van der Waals surface area contributed by atoms with Gasteiger partial charge in [0.15, 0.2) is 29.1 Å². The molecule has 2 aliphatic rings. The van der Waals surface area contributed by atoms with Crippen molar-refractivity contribution in [1.82, 2.24) is 34.5 Å². The van der Waals surface area contributed by atoms with Crippen molar-refractivity contribution in [2.45, 2.75) is 12.8 Å². The molecule has 292 valence electrons. The number of rotatable bonds is 7. The molecule has 1 aliphatic carbocycles. The highest BCUT2D eigenvalue weighted by atomic mass is 15.3. The Morgan fingerprint density at radius 3 is 1.48 bits per heavy atom. The predicted molar refractivity (Wildman–Crippen MR) is 249 cm³/mol. The fourth-order valence-corrected chi connectivity index (χ4v) is 8.70. The van der Waals surface area contributed by atoms with Crippen LogP contribution in [0.2, 0.25) is 0 Å². The van der Waals surface area contributed by atoms with Crippen molar-refractivity contribution in [3.8, 4) is 62.4 Å². The Bertz CT molecular complexity index is 3340. The van der Waals surface area contributed by atoms with Gasteiger partial charge in [0.1, 0.15) is 0 Å². The normalized spacial score (nSPS) is 13.0. The number of nitrogens with zero attached hydrogens (tertiary/aromatic N) is 8. The molecule has 3 aromatic heterocycles. The van der Waals surface area contributed by atoms with Crippen LogP contribution in [0, 0.1) is 0 Å². The molecule has 0 atom stereocenters. The molecule has 0 saturated heterocycles. The van der Waals surface area contributed by atoms with Gasteiger partial charge in [0, 0.05) is 38.6 Å². The summed E-state index contributed by atoms with van der Waals surface area (Å²) in [5.74, 6) is 3.68. The molecule has 0 fully saturated rings. The highest BCUT2D eigenvalue weighted by molar-refractivity contribution is 6.18. The lowest BCUT2D eigenvalue weighted by atomic mass is 9.99. The summed E-state index contributed by atoms with van der Waals surface area (Å²) in [6, 6.07) is 60.6. The Kier molecular flexibility index (Phi) is 8.45. The van der Waals surface area contributed by atoms with E-state index >= 15 is 0 Å². The molecule has 0 amide bonds. The van der Waals surface area contributed by atoms with Gasteiger partial charge in [-0.2, -0.15) is 9.97 Å². The molecule has 10 aromatic rings. The van der Waals surface area contributed by atoms with Gasteiger partial charge in [0.25, 0.3) is 0 Å². The lowest BCUT2D eigenvalue weighted by Gasteiger charge is -2.32. The summed E-state index contributed by atoms with van der Waals surface area (Å²) in [7, 11) is 0. The standard InChI is InChI=1S/C54H36N8/c1-6-18-35(19-7-1)41-33-43-42-32-40(53-56-49(36-20-8-2-9-21-36)55-50(57-53)37-22-10-3-11-23-37)30-31-44(42)61-45-28-16-17-29-46(45)62(47(34-41)48(43)61)54-59-51(38-24-12-4-13-25-38)58-52(60-54)39-26-14-5-15-27-39/h1-2,4-10,12-34H,3,11H2. The molecule has 12 rings (SSSR count). The van der Waals surface area contributed by atoms with Gasteiger partial charge in [-0.15, -0.1) is 0 Å². The topological polar surface area (TPSA) is 85.5 Å². The van der Waals surface area contributed by atoms with Crippen LogP contribution in [-0.4, -0.2) is 34.5 Å². The monoisotopic (exact) mass is 796 g/mol. The van der Waals surface area contributed by atoms with Crippen LogP contribution in [0.15, 0.2) is 194 Å². The van der Waals surface area contributed by atoms with E-state index in [1.807, 2.05) is 91.0 Å². The molecule has 1 aliphatic heterocycles. The Balaban J connectivity index is 1.13. The van der Waals surface area contributed by atoms with Crippen molar-refractivity contribution < 1.29 is 0 Å². The van der Waals surface area contributed by atoms with E-state index in [-0.39, 0.29) is 0 Å². The van der Waals surface area contributed by atoms with E-state index in [1.54, 1.807) is 0 Å². The highest BCUT2D eigenvalue weighted by Gasteiger charge is 2.32. The minimum Gasteiger partial charge on any atom is -0.305 e. The van der Waals surface area contributed by atoms with Crippen molar-refractivity contribution >= 4 is 44.7 Å². The zero-order valence-corrected chi connectivity index (χ0v) is 33.5. The van der Waals surface area contributed by atoms with Crippen molar-refractivity contribution in [3.05, 3.63) is 200 Å². The van der Waals surface area contributed by atoms with Crippen LogP contribution in [0.3, 0.4) is 0 Å². The highest BCUT2D eigenvalue weighted by Crippen LogP contribution is 2.51. The molecule has 4 heterocycles. The van der Waals surface area contributed by atoms with E-state index in [4.69, 9.17) is 29.9 Å². The summed E-state index contributed by atoms with van der Waals surface area (Å²) in [5, 5.41) is 2.17. The molecular formula is C54H36N8. The van der Waals surface area contributed by atoms with Gasteiger partial charge in [-0.1, -0.05) is 152 Å². The fraction of sp³-hybridized carbons (Fsp3) is 0.0370. The predicted octanol–water partition coefficient (Wildman–Crippen LogP) is 13.0. The second kappa shape index (κ2) is 14.7. The Hall–Kier alpha value is -8.36. The molecule has 0 saturated carbocycles. The van der Waals surface area contributed by atoms with Crippen molar-refractivity contribution in [2.75, 3.05) is 4.90 Å². The third-order valence-corrected chi connectivity index (χ3v) is 11.6. The molecule has 0 spiro atoms. The van der Waals surface area contributed by atoms with Gasteiger partial charge in [0.2, 0.25) is 5.95 Å². The average Bonchev–Trinajstić information content (AvgIpc) is 3.69. The summed E-state index contributed by atoms with van der Waals surface area (Å²) in [5.41, 5.74) is 11.9. The average molecular weight is 797 g/mol. The Morgan fingerprint density at radius 1 is 0.371 bits per heavy atom. The maximum absolute atomic E-state index is 5.26. The van der Waals surface area contributed by atoms with Gasteiger partial charge in [-0.25, -0.2) is 19.9 Å². The van der Waals surface area contributed by atoms with Crippen LogP contribution in [-0.2, 0) is 0 Å². The maximum Gasteiger partial charge on any atom is 0.238 e. The molecule has 8 heteroatoms. The smallest absolute Gasteiger partial charge is 0.238 e. The van der Waals surface area contributed by atoms with Crippen LogP contribution >= 0.6 is 0 Å². The first kappa shape index (κ1) is 35.6. The summed E-state index contributed by atoms with van der Waals surface area (Å²) >= 11 is 0. The summed E-state index contributed by atoms with van der Waals surface area (Å²) < 4.78 is 2.38. The Morgan fingerprint density at radius 2 is 0.887 bits per heavy atom. The van der Waals surface area contributed by atoms with Crippen molar-refractivity contribution in [1.29, 1.82) is 0 Å². The van der Waals surface area contributed by atoms with Gasteiger partial charge >= 0.3 is 0 Å². The van der Waals surface area contributed by atoms with E-state index in [0.29, 0.717) is 35.1 Å². The molecule has 0 unspecified atom stereocenters. The molecule has 62 heavy (non-hydrogen) atoms. The maximum atomic E-state index is 5.26. The van der Waals surface area contributed by atoms with E-state index in [9.17, 15) is 0 Å². The van der Waals surface area contributed by atoms with Gasteiger partial charge in [-0.3, -0.25) is 4.90 Å². The van der Waals surface area contributed by atoms with Crippen molar-refractivity contribution in [2.24, 2.45) is 0 Å². The van der Waals surface area contributed by atoms with Crippen molar-refractivity contribution in [3.63, 3.8) is 0 Å². The molecular weight excluding hydrogens is 761 g/mol. The molecule has 8 nitrogen and oxygen atoms in total. The molecule has 0 radical (unpaired) electrons. The molecule has 7 aromatic carbocycles. The number of hydrogen-bond donors (Lipinski definition) is 0. The number of aromatic nitrogens is 7. The third kappa shape index (κ3) is 6.08. The van der Waals surface area contributed by atoms with Crippen LogP contribution in [0.1, 0.15) is 18.7 Å². The number of benzene rings is 7. The second-order valence-corrected chi connectivity index (χ2v) is 15.5. The number of para-hydroxylation sites is 2. The van der Waals surface area contributed by atoms with Crippen LogP contribution in [0.4, 0.5) is 17.3 Å². The first-order chi connectivity index (χ1) is 30.7. The minimum absolute atomic E-state index is 0.533. The second-order valence-electron chi connectivity index (χ2n) is 15.5. The zero-order valence-electron chi connectivity index (χ0n) is 33.5. The quantitative estimate of drug-likeness (QED) is 0.159.